The number of fused-ring (bicyclic) bond motifs is 1. The SMILES string of the molecule is CCN1CCCCC1CNC(=O)Cn1ncc2ccccc21. The lowest BCUT2D eigenvalue weighted by atomic mass is 10.0. The Hall–Kier alpha value is -1.88. The predicted molar refractivity (Wildman–Crippen MR) is 87.6 cm³/mol. The highest BCUT2D eigenvalue weighted by Gasteiger charge is 2.21. The fourth-order valence-corrected chi connectivity index (χ4v) is 3.28. The highest BCUT2D eigenvalue weighted by Crippen LogP contribution is 2.16. The molecule has 0 saturated carbocycles. The number of para-hydroxylation sites is 1. The molecule has 0 radical (unpaired) electrons. The average molecular weight is 300 g/mol. The molecule has 2 aromatic rings. The minimum absolute atomic E-state index is 0.0375. The van der Waals surface area contributed by atoms with Gasteiger partial charge >= 0.3 is 0 Å². The number of rotatable bonds is 5. The summed E-state index contributed by atoms with van der Waals surface area (Å²) in [6.45, 7) is 5.43. The van der Waals surface area contributed by atoms with E-state index in [-0.39, 0.29) is 12.5 Å². The van der Waals surface area contributed by atoms with Gasteiger partial charge in [0.2, 0.25) is 5.91 Å². The van der Waals surface area contributed by atoms with Gasteiger partial charge in [0, 0.05) is 18.0 Å². The Bertz CT molecular complexity index is 636. The molecule has 1 aliphatic rings. The highest BCUT2D eigenvalue weighted by molar-refractivity contribution is 5.81. The quantitative estimate of drug-likeness (QED) is 0.919. The second-order valence-corrected chi connectivity index (χ2v) is 5.94. The molecule has 1 fully saturated rings. The molecule has 5 heteroatoms. The van der Waals surface area contributed by atoms with Crippen LogP contribution in [0.15, 0.2) is 30.5 Å². The maximum absolute atomic E-state index is 12.2. The van der Waals surface area contributed by atoms with E-state index >= 15 is 0 Å². The Morgan fingerprint density at radius 3 is 3.09 bits per heavy atom. The van der Waals surface area contributed by atoms with E-state index in [1.165, 1.54) is 19.3 Å². The van der Waals surface area contributed by atoms with Crippen LogP contribution >= 0.6 is 0 Å². The van der Waals surface area contributed by atoms with Crippen LogP contribution in [0.4, 0.5) is 0 Å². The number of piperidine rings is 1. The van der Waals surface area contributed by atoms with Crippen molar-refractivity contribution in [2.45, 2.75) is 38.8 Å². The normalized spacial score (nSPS) is 19.4. The number of hydrogen-bond donors (Lipinski definition) is 1. The molecule has 1 saturated heterocycles. The highest BCUT2D eigenvalue weighted by atomic mass is 16.2. The number of amides is 1. The van der Waals surface area contributed by atoms with Gasteiger partial charge in [-0.1, -0.05) is 31.5 Å². The van der Waals surface area contributed by atoms with E-state index in [2.05, 4.69) is 22.2 Å². The van der Waals surface area contributed by atoms with Gasteiger partial charge in [0.1, 0.15) is 6.54 Å². The van der Waals surface area contributed by atoms with Gasteiger partial charge in [-0.2, -0.15) is 5.10 Å². The van der Waals surface area contributed by atoms with E-state index in [1.54, 1.807) is 4.68 Å². The van der Waals surface area contributed by atoms with Crippen molar-refractivity contribution in [1.29, 1.82) is 0 Å². The third-order valence-electron chi connectivity index (χ3n) is 4.53. The van der Waals surface area contributed by atoms with Crippen molar-refractivity contribution < 1.29 is 4.79 Å². The molecule has 0 bridgehead atoms. The Kier molecular flexibility index (Phi) is 4.73. The first-order chi connectivity index (χ1) is 10.8. The smallest absolute Gasteiger partial charge is 0.241 e. The number of likely N-dealkylation sites (N-methyl/N-ethyl adjacent to an activating group) is 1. The van der Waals surface area contributed by atoms with Gasteiger partial charge in [0.15, 0.2) is 0 Å². The molecular formula is C17H24N4O. The predicted octanol–water partition coefficient (Wildman–Crippen LogP) is 2.03. The minimum atomic E-state index is 0.0375. The summed E-state index contributed by atoms with van der Waals surface area (Å²) in [6, 6.07) is 8.45. The second kappa shape index (κ2) is 6.92. The van der Waals surface area contributed by atoms with Gasteiger partial charge in [-0.3, -0.25) is 14.4 Å². The first-order valence-corrected chi connectivity index (χ1v) is 8.19. The average Bonchev–Trinajstić information content (AvgIpc) is 2.96. The Balaban J connectivity index is 1.56. The van der Waals surface area contributed by atoms with Crippen molar-refractivity contribution in [1.82, 2.24) is 20.0 Å². The molecule has 1 N–H and O–H groups in total. The van der Waals surface area contributed by atoms with Crippen LogP contribution in [0.25, 0.3) is 10.9 Å². The van der Waals surface area contributed by atoms with E-state index < -0.39 is 0 Å². The molecular weight excluding hydrogens is 276 g/mol. The van der Waals surface area contributed by atoms with Gasteiger partial charge in [0.05, 0.1) is 11.7 Å². The van der Waals surface area contributed by atoms with Crippen molar-refractivity contribution in [2.24, 2.45) is 0 Å². The third-order valence-corrected chi connectivity index (χ3v) is 4.53. The van der Waals surface area contributed by atoms with Crippen LogP contribution in [0.3, 0.4) is 0 Å². The fourth-order valence-electron chi connectivity index (χ4n) is 3.28. The molecule has 5 nitrogen and oxygen atoms in total. The lowest BCUT2D eigenvalue weighted by molar-refractivity contribution is -0.122. The summed E-state index contributed by atoms with van der Waals surface area (Å²) in [4.78, 5) is 14.7. The van der Waals surface area contributed by atoms with Gasteiger partial charge in [-0.05, 0) is 32.0 Å². The number of hydrogen-bond acceptors (Lipinski definition) is 3. The molecule has 118 valence electrons. The summed E-state index contributed by atoms with van der Waals surface area (Å²) in [5.41, 5.74) is 1.01. The first-order valence-electron chi connectivity index (χ1n) is 8.19. The van der Waals surface area contributed by atoms with Gasteiger partial charge in [-0.15, -0.1) is 0 Å². The number of likely N-dealkylation sites (tertiary alicyclic amines) is 1. The van der Waals surface area contributed by atoms with Crippen molar-refractivity contribution in [3.8, 4) is 0 Å². The summed E-state index contributed by atoms with van der Waals surface area (Å²) in [5.74, 6) is 0.0375. The standard InChI is InChI=1S/C17H24N4O/c1-2-20-10-6-5-8-15(20)12-18-17(22)13-21-16-9-4-3-7-14(16)11-19-21/h3-4,7,9,11,15H,2,5-6,8,10,12-13H2,1H3,(H,18,22). The molecule has 0 spiro atoms. The Morgan fingerprint density at radius 1 is 1.36 bits per heavy atom. The number of benzene rings is 1. The van der Waals surface area contributed by atoms with Crippen LogP contribution in [0.2, 0.25) is 0 Å². The van der Waals surface area contributed by atoms with Crippen molar-refractivity contribution in [3.63, 3.8) is 0 Å². The molecule has 1 aromatic heterocycles. The molecule has 1 aliphatic heterocycles. The summed E-state index contributed by atoms with van der Waals surface area (Å²) in [6.07, 6.45) is 5.53. The van der Waals surface area contributed by atoms with Crippen LogP contribution < -0.4 is 5.32 Å². The van der Waals surface area contributed by atoms with Gasteiger partial charge in [0.25, 0.3) is 0 Å². The molecule has 2 heterocycles. The third kappa shape index (κ3) is 3.30. The Labute approximate surface area is 131 Å². The topological polar surface area (TPSA) is 50.2 Å². The zero-order valence-electron chi connectivity index (χ0n) is 13.2. The number of aromatic nitrogens is 2. The lowest BCUT2D eigenvalue weighted by Crippen LogP contribution is -2.47. The molecule has 22 heavy (non-hydrogen) atoms. The number of nitrogens with one attached hydrogen (secondary N) is 1. The summed E-state index contributed by atoms with van der Waals surface area (Å²) in [5, 5.41) is 8.45. The fraction of sp³-hybridized carbons (Fsp3) is 0.529. The van der Waals surface area contributed by atoms with Crippen LogP contribution in [0, 0.1) is 0 Å². The monoisotopic (exact) mass is 300 g/mol. The van der Waals surface area contributed by atoms with Crippen LogP contribution in [-0.4, -0.2) is 46.3 Å². The second-order valence-electron chi connectivity index (χ2n) is 5.94. The number of carbonyl (C=O) groups excluding carboxylic acids is 1. The minimum Gasteiger partial charge on any atom is -0.353 e. The molecule has 3 rings (SSSR count). The molecule has 0 aliphatic carbocycles. The zero-order chi connectivity index (χ0) is 15.4. The maximum atomic E-state index is 12.2. The van der Waals surface area contributed by atoms with Gasteiger partial charge < -0.3 is 5.32 Å². The van der Waals surface area contributed by atoms with E-state index in [9.17, 15) is 4.79 Å². The van der Waals surface area contributed by atoms with Crippen LogP contribution in [0.5, 0.6) is 0 Å². The van der Waals surface area contributed by atoms with Crippen molar-refractivity contribution in [3.05, 3.63) is 30.5 Å². The largest absolute Gasteiger partial charge is 0.353 e. The number of carbonyl (C=O) groups is 1. The number of nitrogens with zero attached hydrogens (tertiary/aromatic N) is 3. The molecule has 1 aromatic carbocycles. The van der Waals surface area contributed by atoms with Crippen LogP contribution in [-0.2, 0) is 11.3 Å². The van der Waals surface area contributed by atoms with Crippen molar-refractivity contribution >= 4 is 16.8 Å². The molecule has 1 amide bonds. The van der Waals surface area contributed by atoms with E-state index in [0.29, 0.717) is 6.04 Å². The van der Waals surface area contributed by atoms with Crippen molar-refractivity contribution in [2.75, 3.05) is 19.6 Å². The summed E-state index contributed by atoms with van der Waals surface area (Å²) in [7, 11) is 0. The zero-order valence-corrected chi connectivity index (χ0v) is 13.2. The summed E-state index contributed by atoms with van der Waals surface area (Å²) < 4.78 is 1.77. The van der Waals surface area contributed by atoms with E-state index in [0.717, 1.165) is 30.5 Å². The van der Waals surface area contributed by atoms with E-state index in [1.807, 2.05) is 30.5 Å². The first kappa shape index (κ1) is 15.0. The molecule has 1 unspecified atom stereocenters. The Morgan fingerprint density at radius 2 is 2.23 bits per heavy atom. The van der Waals surface area contributed by atoms with Gasteiger partial charge in [-0.25, -0.2) is 0 Å². The van der Waals surface area contributed by atoms with Crippen LogP contribution in [0.1, 0.15) is 26.2 Å². The molecule has 1 atom stereocenters. The van der Waals surface area contributed by atoms with E-state index in [4.69, 9.17) is 0 Å². The summed E-state index contributed by atoms with van der Waals surface area (Å²) >= 11 is 0. The lowest BCUT2D eigenvalue weighted by Gasteiger charge is -2.34. The maximum Gasteiger partial charge on any atom is 0.241 e.